The highest BCUT2D eigenvalue weighted by molar-refractivity contribution is 5.98. The number of halogens is 3. The molecule has 2 aromatic carbocycles. The van der Waals surface area contributed by atoms with E-state index in [0.29, 0.717) is 36.6 Å². The highest BCUT2D eigenvalue weighted by Gasteiger charge is 2.31. The maximum Gasteiger partial charge on any atom is 0.573 e. The average Bonchev–Trinajstić information content (AvgIpc) is 2.87. The highest BCUT2D eigenvalue weighted by Crippen LogP contribution is 2.32. The minimum absolute atomic E-state index is 0.159. The van der Waals surface area contributed by atoms with E-state index in [2.05, 4.69) is 9.72 Å². The van der Waals surface area contributed by atoms with Gasteiger partial charge in [0, 0.05) is 6.20 Å². The molecule has 1 amide bonds. The molecule has 8 heteroatoms. The summed E-state index contributed by atoms with van der Waals surface area (Å²) in [6.07, 6.45) is -3.06. The van der Waals surface area contributed by atoms with Gasteiger partial charge >= 0.3 is 6.36 Å². The molecule has 0 aliphatic carbocycles. The molecule has 0 fully saturated rings. The van der Waals surface area contributed by atoms with Crippen LogP contribution < -0.4 is 9.47 Å². The summed E-state index contributed by atoms with van der Waals surface area (Å²) < 4.78 is 46.6. The topological polar surface area (TPSA) is 51.7 Å². The molecule has 0 bridgehead atoms. The van der Waals surface area contributed by atoms with Gasteiger partial charge in [0.25, 0.3) is 5.91 Å². The Kier molecular flexibility index (Phi) is 5.31. The summed E-state index contributed by atoms with van der Waals surface area (Å²) in [5.41, 5.74) is 2.62. The molecule has 0 radical (unpaired) electrons. The van der Waals surface area contributed by atoms with Crippen LogP contribution in [0, 0.1) is 0 Å². The molecular formula is C22H17F3N2O3. The van der Waals surface area contributed by atoms with E-state index < -0.39 is 6.36 Å². The molecule has 0 saturated heterocycles. The minimum Gasteiger partial charge on any atom is -0.491 e. The number of fused-ring (bicyclic) bond motifs is 1. The number of nitrogens with zero attached hydrogens (tertiary/aromatic N) is 2. The number of carbonyl (C=O) groups excluding carboxylic acids is 1. The third-order valence-corrected chi connectivity index (χ3v) is 4.62. The quantitative estimate of drug-likeness (QED) is 0.622. The fourth-order valence-electron chi connectivity index (χ4n) is 3.22. The maximum atomic E-state index is 13.0. The van der Waals surface area contributed by atoms with Crippen LogP contribution in [0.4, 0.5) is 13.2 Å². The average molecular weight is 414 g/mol. The first-order valence-electron chi connectivity index (χ1n) is 9.21. The van der Waals surface area contributed by atoms with E-state index in [0.717, 1.165) is 11.3 Å². The van der Waals surface area contributed by atoms with Gasteiger partial charge in [-0.25, -0.2) is 0 Å². The first-order valence-corrected chi connectivity index (χ1v) is 9.21. The normalized spacial score (nSPS) is 14.0. The van der Waals surface area contributed by atoms with E-state index in [1.54, 1.807) is 29.3 Å². The molecule has 0 N–H and O–H groups in total. The summed E-state index contributed by atoms with van der Waals surface area (Å²) in [5, 5.41) is 0. The van der Waals surface area contributed by atoms with Crippen molar-refractivity contribution in [2.24, 2.45) is 0 Å². The van der Waals surface area contributed by atoms with Gasteiger partial charge in [-0.05, 0) is 47.5 Å². The summed E-state index contributed by atoms with van der Waals surface area (Å²) in [7, 11) is 0. The number of hydrogen-bond donors (Lipinski definition) is 0. The Bertz CT molecular complexity index is 1040. The molecule has 0 atom stereocenters. The van der Waals surface area contributed by atoms with Gasteiger partial charge in [-0.15, -0.1) is 13.2 Å². The van der Waals surface area contributed by atoms with E-state index in [4.69, 9.17) is 4.74 Å². The first kappa shape index (κ1) is 19.8. The number of benzene rings is 2. The monoisotopic (exact) mass is 414 g/mol. The summed E-state index contributed by atoms with van der Waals surface area (Å²) in [6.45, 7) is 1.13. The molecule has 1 aliphatic heterocycles. The zero-order valence-corrected chi connectivity index (χ0v) is 15.7. The van der Waals surface area contributed by atoms with Gasteiger partial charge in [0.1, 0.15) is 18.1 Å². The van der Waals surface area contributed by atoms with Crippen molar-refractivity contribution in [1.29, 1.82) is 0 Å². The largest absolute Gasteiger partial charge is 0.573 e. The molecule has 5 nitrogen and oxygen atoms in total. The molecule has 0 unspecified atom stereocenters. The molecule has 30 heavy (non-hydrogen) atoms. The molecule has 154 valence electrons. The zero-order chi connectivity index (χ0) is 21.1. The summed E-state index contributed by atoms with van der Waals surface area (Å²) in [5.74, 6) is -0.0112. The lowest BCUT2D eigenvalue weighted by Gasteiger charge is -2.19. The lowest BCUT2D eigenvalue weighted by molar-refractivity contribution is -0.274. The van der Waals surface area contributed by atoms with Crippen molar-refractivity contribution in [1.82, 2.24) is 9.88 Å². The molecule has 1 aromatic heterocycles. The Morgan fingerprint density at radius 1 is 1.03 bits per heavy atom. The van der Waals surface area contributed by atoms with Gasteiger partial charge in [0.05, 0.1) is 24.3 Å². The third kappa shape index (κ3) is 4.53. The van der Waals surface area contributed by atoms with Crippen LogP contribution in [-0.2, 0) is 6.54 Å². The van der Waals surface area contributed by atoms with E-state index in [1.807, 2.05) is 18.2 Å². The van der Waals surface area contributed by atoms with Crippen LogP contribution in [0.1, 0.15) is 16.1 Å². The smallest absolute Gasteiger partial charge is 0.491 e. The Morgan fingerprint density at radius 2 is 1.80 bits per heavy atom. The maximum absolute atomic E-state index is 13.0. The van der Waals surface area contributed by atoms with Crippen LogP contribution in [0.15, 0.2) is 66.9 Å². The summed E-state index contributed by atoms with van der Waals surface area (Å²) in [6, 6.07) is 16.2. The Labute approximate surface area is 170 Å². The van der Waals surface area contributed by atoms with Crippen molar-refractivity contribution in [3.05, 3.63) is 78.1 Å². The standard InChI is InChI=1S/C22H17F3N2O3/c23-22(24,25)30-18-7-4-15(5-8-18)16-6-9-19-20(13-16)29-12-11-27(21(19)28)14-17-3-1-2-10-26-17/h1-10,13H,11-12,14H2. The minimum atomic E-state index is -4.74. The van der Waals surface area contributed by atoms with Gasteiger partial charge in [0.15, 0.2) is 0 Å². The third-order valence-electron chi connectivity index (χ3n) is 4.62. The first-order chi connectivity index (χ1) is 14.4. The number of alkyl halides is 3. The number of carbonyl (C=O) groups is 1. The van der Waals surface area contributed by atoms with Crippen molar-refractivity contribution < 1.29 is 27.4 Å². The SMILES string of the molecule is O=C1c2ccc(-c3ccc(OC(F)(F)F)cc3)cc2OCCN1Cc1ccccn1. The lowest BCUT2D eigenvalue weighted by atomic mass is 10.0. The van der Waals surface area contributed by atoms with Crippen LogP contribution in [0.3, 0.4) is 0 Å². The van der Waals surface area contributed by atoms with Gasteiger partial charge in [-0.3, -0.25) is 9.78 Å². The van der Waals surface area contributed by atoms with Gasteiger partial charge < -0.3 is 14.4 Å². The number of hydrogen-bond acceptors (Lipinski definition) is 4. The molecule has 0 spiro atoms. The predicted molar refractivity (Wildman–Crippen MR) is 103 cm³/mol. The molecule has 0 saturated carbocycles. The van der Waals surface area contributed by atoms with Crippen LogP contribution in [0.5, 0.6) is 11.5 Å². The van der Waals surface area contributed by atoms with E-state index in [1.165, 1.54) is 24.3 Å². The number of ether oxygens (including phenoxy) is 2. The Hall–Kier alpha value is -3.55. The van der Waals surface area contributed by atoms with Crippen molar-refractivity contribution in [2.75, 3.05) is 13.2 Å². The van der Waals surface area contributed by atoms with E-state index in [9.17, 15) is 18.0 Å². The number of rotatable bonds is 4. The molecule has 2 heterocycles. The summed E-state index contributed by atoms with van der Waals surface area (Å²) >= 11 is 0. The van der Waals surface area contributed by atoms with Crippen molar-refractivity contribution in [2.45, 2.75) is 12.9 Å². The number of aromatic nitrogens is 1. The van der Waals surface area contributed by atoms with Crippen LogP contribution in [0.2, 0.25) is 0 Å². The van der Waals surface area contributed by atoms with Crippen LogP contribution in [-0.4, -0.2) is 35.3 Å². The lowest BCUT2D eigenvalue weighted by Crippen LogP contribution is -2.32. The predicted octanol–water partition coefficient (Wildman–Crippen LogP) is 4.68. The highest BCUT2D eigenvalue weighted by atomic mass is 19.4. The molecule has 4 rings (SSSR count). The Balaban J connectivity index is 1.55. The number of pyridine rings is 1. The van der Waals surface area contributed by atoms with Crippen molar-refractivity contribution >= 4 is 5.91 Å². The zero-order valence-electron chi connectivity index (χ0n) is 15.7. The van der Waals surface area contributed by atoms with E-state index in [-0.39, 0.29) is 11.7 Å². The molecule has 1 aliphatic rings. The Morgan fingerprint density at radius 3 is 2.50 bits per heavy atom. The van der Waals surface area contributed by atoms with Gasteiger partial charge in [-0.1, -0.05) is 24.3 Å². The second kappa shape index (κ2) is 8.06. The van der Waals surface area contributed by atoms with Crippen LogP contribution >= 0.6 is 0 Å². The number of amides is 1. The fraction of sp³-hybridized carbons (Fsp3) is 0.182. The molecular weight excluding hydrogens is 397 g/mol. The van der Waals surface area contributed by atoms with Gasteiger partial charge in [0.2, 0.25) is 0 Å². The van der Waals surface area contributed by atoms with Gasteiger partial charge in [-0.2, -0.15) is 0 Å². The van der Waals surface area contributed by atoms with Crippen molar-refractivity contribution in [3.63, 3.8) is 0 Å². The fourth-order valence-corrected chi connectivity index (χ4v) is 3.22. The van der Waals surface area contributed by atoms with E-state index >= 15 is 0 Å². The summed E-state index contributed by atoms with van der Waals surface area (Å²) in [4.78, 5) is 18.9. The second-order valence-corrected chi connectivity index (χ2v) is 6.68. The van der Waals surface area contributed by atoms with Crippen molar-refractivity contribution in [3.8, 4) is 22.6 Å². The molecule has 3 aromatic rings. The van der Waals surface area contributed by atoms with Crippen LogP contribution in [0.25, 0.3) is 11.1 Å². The second-order valence-electron chi connectivity index (χ2n) is 6.68.